The van der Waals surface area contributed by atoms with Crippen molar-refractivity contribution in [3.8, 4) is 23.0 Å². The van der Waals surface area contributed by atoms with Crippen molar-refractivity contribution < 1.29 is 27.4 Å². The van der Waals surface area contributed by atoms with Crippen LogP contribution in [0.5, 0.6) is 23.0 Å². The third-order valence-electron chi connectivity index (χ3n) is 5.17. The molecule has 0 fully saturated rings. The summed E-state index contributed by atoms with van der Waals surface area (Å²) in [4.78, 5) is 0.164. The van der Waals surface area contributed by atoms with Crippen molar-refractivity contribution >= 4 is 15.7 Å². The number of hydrogen-bond acceptors (Lipinski definition) is 6. The minimum atomic E-state index is -3.90. The van der Waals surface area contributed by atoms with E-state index in [9.17, 15) is 8.42 Å². The lowest BCUT2D eigenvalue weighted by molar-refractivity contribution is 0.174. The van der Waals surface area contributed by atoms with Crippen LogP contribution in [0.4, 0.5) is 5.69 Å². The third-order valence-corrected chi connectivity index (χ3v) is 7.09. The van der Waals surface area contributed by atoms with Gasteiger partial charge in [0, 0.05) is 0 Å². The van der Waals surface area contributed by atoms with Gasteiger partial charge in [0.2, 0.25) is 6.79 Å². The lowest BCUT2D eigenvalue weighted by Crippen LogP contribution is -2.33. The number of benzene rings is 3. The van der Waals surface area contributed by atoms with Crippen LogP contribution >= 0.6 is 0 Å². The highest BCUT2D eigenvalue weighted by Crippen LogP contribution is 2.39. The Balaban J connectivity index is 1.80. The number of rotatable bonds is 7. The first kappa shape index (κ1) is 20.9. The second-order valence-corrected chi connectivity index (χ2v) is 8.78. The molecule has 1 aliphatic rings. The van der Waals surface area contributed by atoms with Gasteiger partial charge in [-0.1, -0.05) is 6.07 Å². The van der Waals surface area contributed by atoms with E-state index in [0.717, 1.165) is 5.56 Å². The molecule has 1 heterocycles. The number of sulfonamides is 1. The smallest absolute Gasteiger partial charge is 0.264 e. The molecule has 7 nitrogen and oxygen atoms in total. The first-order chi connectivity index (χ1) is 14.9. The lowest BCUT2D eigenvalue weighted by atomic mass is 10.1. The molecule has 1 aliphatic heterocycles. The van der Waals surface area contributed by atoms with Crippen LogP contribution in [0.3, 0.4) is 0 Å². The molecule has 0 saturated carbocycles. The molecule has 0 aromatic heterocycles. The molecule has 3 aromatic rings. The van der Waals surface area contributed by atoms with E-state index in [4.69, 9.17) is 18.9 Å². The molecule has 0 bridgehead atoms. The SMILES string of the molecule is COc1ccc(N(C(C)c2ccc3c(c2)OCO3)S(=O)(=O)c2ccc(OC)cc2)cc1. The molecule has 1 atom stereocenters. The maximum Gasteiger partial charge on any atom is 0.264 e. The van der Waals surface area contributed by atoms with Crippen molar-refractivity contribution in [1.29, 1.82) is 0 Å². The van der Waals surface area contributed by atoms with Gasteiger partial charge in [-0.05, 0) is 73.2 Å². The lowest BCUT2D eigenvalue weighted by Gasteiger charge is -2.31. The summed E-state index contributed by atoms with van der Waals surface area (Å²) in [6, 6.07) is 18.2. The average Bonchev–Trinajstić information content (AvgIpc) is 3.27. The highest BCUT2D eigenvalue weighted by Gasteiger charge is 2.31. The van der Waals surface area contributed by atoms with Crippen LogP contribution in [0.15, 0.2) is 71.6 Å². The van der Waals surface area contributed by atoms with E-state index < -0.39 is 16.1 Å². The molecule has 162 valence electrons. The predicted molar refractivity (Wildman–Crippen MR) is 117 cm³/mol. The first-order valence-electron chi connectivity index (χ1n) is 9.66. The number of nitrogens with zero attached hydrogens (tertiary/aromatic N) is 1. The van der Waals surface area contributed by atoms with Crippen LogP contribution in [0, 0.1) is 0 Å². The number of ether oxygens (including phenoxy) is 4. The van der Waals surface area contributed by atoms with Gasteiger partial charge < -0.3 is 18.9 Å². The van der Waals surface area contributed by atoms with Gasteiger partial charge in [-0.25, -0.2) is 8.42 Å². The van der Waals surface area contributed by atoms with Crippen LogP contribution in [-0.2, 0) is 10.0 Å². The summed E-state index contributed by atoms with van der Waals surface area (Å²) in [5.74, 6) is 2.46. The third kappa shape index (κ3) is 3.98. The Hall–Kier alpha value is -3.39. The zero-order valence-electron chi connectivity index (χ0n) is 17.4. The van der Waals surface area contributed by atoms with Crippen molar-refractivity contribution in [1.82, 2.24) is 0 Å². The Morgan fingerprint density at radius 2 is 1.42 bits per heavy atom. The molecule has 0 aliphatic carbocycles. The topological polar surface area (TPSA) is 74.3 Å². The fourth-order valence-electron chi connectivity index (χ4n) is 3.47. The summed E-state index contributed by atoms with van der Waals surface area (Å²) in [6.45, 7) is 1.99. The molecule has 0 spiro atoms. The van der Waals surface area contributed by atoms with Crippen LogP contribution in [0.2, 0.25) is 0 Å². The predicted octanol–water partition coefficient (Wildman–Crippen LogP) is 4.39. The van der Waals surface area contributed by atoms with E-state index >= 15 is 0 Å². The van der Waals surface area contributed by atoms with E-state index in [2.05, 4.69) is 0 Å². The molecule has 0 N–H and O–H groups in total. The second-order valence-electron chi connectivity index (χ2n) is 6.96. The van der Waals surface area contributed by atoms with Crippen molar-refractivity contribution in [3.05, 3.63) is 72.3 Å². The second kappa shape index (κ2) is 8.39. The molecule has 31 heavy (non-hydrogen) atoms. The summed E-state index contributed by atoms with van der Waals surface area (Å²) in [5, 5.41) is 0. The highest BCUT2D eigenvalue weighted by molar-refractivity contribution is 7.92. The molecule has 0 radical (unpaired) electrons. The Labute approximate surface area is 181 Å². The molecule has 8 heteroatoms. The zero-order valence-corrected chi connectivity index (χ0v) is 18.3. The molecule has 1 unspecified atom stereocenters. The highest BCUT2D eigenvalue weighted by atomic mass is 32.2. The van der Waals surface area contributed by atoms with E-state index in [1.54, 1.807) is 49.6 Å². The van der Waals surface area contributed by atoms with Crippen molar-refractivity contribution in [2.75, 3.05) is 25.3 Å². The summed E-state index contributed by atoms with van der Waals surface area (Å²) in [6.07, 6.45) is 0. The number of methoxy groups -OCH3 is 2. The minimum absolute atomic E-state index is 0.152. The van der Waals surface area contributed by atoms with E-state index in [-0.39, 0.29) is 11.7 Å². The Kier molecular flexibility index (Phi) is 5.65. The van der Waals surface area contributed by atoms with Crippen LogP contribution < -0.4 is 23.3 Å². The first-order valence-corrected chi connectivity index (χ1v) is 11.1. The molecule has 0 amide bonds. The molecular weight excluding hydrogens is 418 g/mol. The Morgan fingerprint density at radius 3 is 2.03 bits per heavy atom. The van der Waals surface area contributed by atoms with Crippen molar-refractivity contribution in [2.24, 2.45) is 0 Å². The Bertz CT molecular complexity index is 1160. The number of fused-ring (bicyclic) bond motifs is 1. The van der Waals surface area contributed by atoms with Gasteiger partial charge >= 0.3 is 0 Å². The summed E-state index contributed by atoms with van der Waals surface area (Å²) < 4.78 is 50.1. The number of anilines is 1. The monoisotopic (exact) mass is 441 g/mol. The quantitative estimate of drug-likeness (QED) is 0.541. The van der Waals surface area contributed by atoms with E-state index in [1.165, 1.54) is 23.5 Å². The standard InChI is InChI=1S/C23H23NO6S/c1-16(17-4-13-22-23(14-17)30-15-29-22)24(18-5-7-19(27-2)8-6-18)31(25,26)21-11-9-20(28-3)10-12-21/h4-14,16H,15H2,1-3H3. The van der Waals surface area contributed by atoms with Gasteiger partial charge in [0.05, 0.1) is 30.8 Å². The summed E-state index contributed by atoms with van der Waals surface area (Å²) in [7, 11) is -0.793. The Morgan fingerprint density at radius 1 is 0.839 bits per heavy atom. The van der Waals surface area contributed by atoms with E-state index in [1.807, 2.05) is 19.1 Å². The maximum absolute atomic E-state index is 13.7. The van der Waals surface area contributed by atoms with Crippen LogP contribution in [-0.4, -0.2) is 29.4 Å². The van der Waals surface area contributed by atoms with E-state index in [0.29, 0.717) is 28.7 Å². The van der Waals surface area contributed by atoms with Gasteiger partial charge in [-0.15, -0.1) is 0 Å². The van der Waals surface area contributed by atoms with Crippen LogP contribution in [0.25, 0.3) is 0 Å². The largest absolute Gasteiger partial charge is 0.497 e. The van der Waals surface area contributed by atoms with Gasteiger partial charge in [-0.3, -0.25) is 4.31 Å². The van der Waals surface area contributed by atoms with Crippen LogP contribution in [0.1, 0.15) is 18.5 Å². The van der Waals surface area contributed by atoms with Crippen molar-refractivity contribution in [3.63, 3.8) is 0 Å². The summed E-state index contributed by atoms with van der Waals surface area (Å²) >= 11 is 0. The van der Waals surface area contributed by atoms with Gasteiger partial charge in [0.15, 0.2) is 11.5 Å². The average molecular weight is 442 g/mol. The molecule has 4 rings (SSSR count). The van der Waals surface area contributed by atoms with Gasteiger partial charge in [0.1, 0.15) is 11.5 Å². The molecule has 3 aromatic carbocycles. The van der Waals surface area contributed by atoms with Gasteiger partial charge in [-0.2, -0.15) is 0 Å². The fourth-order valence-corrected chi connectivity index (χ4v) is 5.11. The number of hydrogen-bond donors (Lipinski definition) is 0. The van der Waals surface area contributed by atoms with Crippen molar-refractivity contribution in [2.45, 2.75) is 17.9 Å². The van der Waals surface area contributed by atoms with Gasteiger partial charge in [0.25, 0.3) is 10.0 Å². The minimum Gasteiger partial charge on any atom is -0.497 e. The molecular formula is C23H23NO6S. The zero-order chi connectivity index (χ0) is 22.0. The molecule has 0 saturated heterocycles. The normalized spacial score (nSPS) is 13.5. The summed E-state index contributed by atoms with van der Waals surface area (Å²) in [5.41, 5.74) is 1.29. The maximum atomic E-state index is 13.7. The fraction of sp³-hybridized carbons (Fsp3) is 0.217.